The highest BCUT2D eigenvalue weighted by atomic mass is 35.5. The molecule has 9 heteroatoms. The van der Waals surface area contributed by atoms with Gasteiger partial charge in [-0.25, -0.2) is 29.9 Å². The number of halogens is 2. The molecule has 6 nitrogen and oxygen atoms in total. The van der Waals surface area contributed by atoms with Crippen LogP contribution in [0, 0.1) is 0 Å². The Balaban J connectivity index is 1.98. The number of hydrogen-bond donors (Lipinski definition) is 0. The van der Waals surface area contributed by atoms with Gasteiger partial charge < -0.3 is 0 Å². The lowest BCUT2D eigenvalue weighted by molar-refractivity contribution is 0.843. The summed E-state index contributed by atoms with van der Waals surface area (Å²) in [6.07, 6.45) is 2.58. The van der Waals surface area contributed by atoms with Crippen LogP contribution in [0.4, 0.5) is 0 Å². The smallest absolute Gasteiger partial charge is 0.219 e. The van der Waals surface area contributed by atoms with Crippen molar-refractivity contribution < 1.29 is 0 Å². The molecule has 0 unspecified atom stereocenters. The van der Waals surface area contributed by atoms with E-state index < -0.39 is 0 Å². The van der Waals surface area contributed by atoms with Crippen LogP contribution in [0.5, 0.6) is 0 Å². The maximum atomic E-state index is 5.86. The first-order chi connectivity index (χ1) is 10.1. The first-order valence-corrected chi connectivity index (χ1v) is 7.46. The van der Waals surface area contributed by atoms with Crippen molar-refractivity contribution in [2.24, 2.45) is 0 Å². The SMILES string of the molecule is CCc1nc(Cl)nc(C[B]Cc2nc(Cl)nc(CC)n2)n1. The molecule has 0 spiro atoms. The minimum atomic E-state index is 0.224. The summed E-state index contributed by atoms with van der Waals surface area (Å²) in [7, 11) is 1.98. The molecule has 0 aromatic carbocycles. The van der Waals surface area contributed by atoms with Crippen molar-refractivity contribution in [1.29, 1.82) is 0 Å². The summed E-state index contributed by atoms with van der Waals surface area (Å²) in [6.45, 7) is 3.94. The van der Waals surface area contributed by atoms with Gasteiger partial charge in [0.25, 0.3) is 0 Å². The van der Waals surface area contributed by atoms with Crippen LogP contribution in [0.2, 0.25) is 10.6 Å². The van der Waals surface area contributed by atoms with Crippen molar-refractivity contribution >= 4 is 30.5 Å². The van der Waals surface area contributed by atoms with E-state index >= 15 is 0 Å². The van der Waals surface area contributed by atoms with E-state index in [1.165, 1.54) is 0 Å². The van der Waals surface area contributed by atoms with E-state index in [1.54, 1.807) is 0 Å². The molecule has 109 valence electrons. The van der Waals surface area contributed by atoms with Crippen molar-refractivity contribution in [1.82, 2.24) is 29.9 Å². The molecule has 0 saturated heterocycles. The van der Waals surface area contributed by atoms with Gasteiger partial charge in [0.2, 0.25) is 10.6 Å². The van der Waals surface area contributed by atoms with E-state index in [1.807, 2.05) is 21.1 Å². The molecule has 0 fully saturated rings. The van der Waals surface area contributed by atoms with Gasteiger partial charge in [-0.05, 0) is 35.8 Å². The molecule has 0 bridgehead atoms. The van der Waals surface area contributed by atoms with Crippen LogP contribution in [0.3, 0.4) is 0 Å². The van der Waals surface area contributed by atoms with Gasteiger partial charge >= 0.3 is 0 Å². The van der Waals surface area contributed by atoms with Crippen LogP contribution < -0.4 is 0 Å². The summed E-state index contributed by atoms with van der Waals surface area (Å²) >= 11 is 11.7. The predicted molar refractivity (Wildman–Crippen MR) is 81.6 cm³/mol. The molecule has 0 N–H and O–H groups in total. The molecule has 1 radical (unpaired) electrons. The van der Waals surface area contributed by atoms with E-state index in [9.17, 15) is 0 Å². The average molecular weight is 324 g/mol. The second-order valence-corrected chi connectivity index (χ2v) is 4.95. The molecule has 2 aromatic heterocycles. The summed E-state index contributed by atoms with van der Waals surface area (Å²) < 4.78 is 0. The zero-order valence-corrected chi connectivity index (χ0v) is 13.4. The van der Waals surface area contributed by atoms with Crippen LogP contribution in [-0.2, 0) is 25.5 Å². The third kappa shape index (κ3) is 4.86. The lowest BCUT2D eigenvalue weighted by atomic mass is 9.70. The Kier molecular flexibility index (Phi) is 5.81. The lowest BCUT2D eigenvalue weighted by Crippen LogP contribution is -2.11. The zero-order chi connectivity index (χ0) is 15.2. The van der Waals surface area contributed by atoms with Gasteiger partial charge in [-0.15, -0.1) is 0 Å². The maximum Gasteiger partial charge on any atom is 0.225 e. The summed E-state index contributed by atoms with van der Waals surface area (Å²) in [5, 5.41) is 0.448. The Bertz CT molecular complexity index is 571. The second kappa shape index (κ2) is 7.61. The van der Waals surface area contributed by atoms with Gasteiger partial charge in [-0.2, -0.15) is 0 Å². The van der Waals surface area contributed by atoms with E-state index in [2.05, 4.69) is 29.9 Å². The second-order valence-electron chi connectivity index (χ2n) is 4.28. The van der Waals surface area contributed by atoms with Crippen molar-refractivity contribution in [2.45, 2.75) is 39.3 Å². The monoisotopic (exact) mass is 323 g/mol. The number of nitrogens with zero attached hydrogens (tertiary/aromatic N) is 6. The standard InChI is InChI=1S/C12H14BCl2N6/c1-3-7-16-9(20-11(14)18-7)5-13-6-10-17-8(4-2)19-12(15)21-10/h3-6H2,1-2H3. The normalized spacial score (nSPS) is 10.7. The van der Waals surface area contributed by atoms with Crippen LogP contribution in [0.1, 0.15) is 37.1 Å². The van der Waals surface area contributed by atoms with E-state index in [4.69, 9.17) is 23.2 Å². The molecule has 21 heavy (non-hydrogen) atoms. The molecule has 2 heterocycles. The van der Waals surface area contributed by atoms with Crippen molar-refractivity contribution in [3.05, 3.63) is 33.9 Å². The Hall–Kier alpha value is -1.34. The quantitative estimate of drug-likeness (QED) is 0.755. The highest BCUT2D eigenvalue weighted by Crippen LogP contribution is 2.05. The third-order valence-corrected chi connectivity index (χ3v) is 3.03. The van der Waals surface area contributed by atoms with Crippen molar-refractivity contribution in [3.8, 4) is 0 Å². The number of aryl methyl sites for hydroxylation is 2. The summed E-state index contributed by atoms with van der Waals surface area (Å²) in [6, 6.07) is 0. The molecule has 0 atom stereocenters. The van der Waals surface area contributed by atoms with Gasteiger partial charge in [0.1, 0.15) is 30.6 Å². The summed E-state index contributed by atoms with van der Waals surface area (Å²) in [5.41, 5.74) is 0. The minimum absolute atomic E-state index is 0.224. The highest BCUT2D eigenvalue weighted by Gasteiger charge is 2.07. The molecule has 2 aromatic rings. The topological polar surface area (TPSA) is 77.3 Å². The van der Waals surface area contributed by atoms with Crippen molar-refractivity contribution in [2.75, 3.05) is 0 Å². The molecular weight excluding hydrogens is 310 g/mol. The zero-order valence-electron chi connectivity index (χ0n) is 11.8. The van der Waals surface area contributed by atoms with E-state index in [0.717, 1.165) is 12.8 Å². The van der Waals surface area contributed by atoms with Gasteiger partial charge in [0.05, 0.1) is 0 Å². The Morgan fingerprint density at radius 1 is 0.667 bits per heavy atom. The Morgan fingerprint density at radius 2 is 1.05 bits per heavy atom. The Morgan fingerprint density at radius 3 is 1.43 bits per heavy atom. The average Bonchev–Trinajstić information content (AvgIpc) is 2.46. The van der Waals surface area contributed by atoms with Crippen LogP contribution in [0.25, 0.3) is 0 Å². The third-order valence-electron chi connectivity index (χ3n) is 2.69. The van der Waals surface area contributed by atoms with Crippen LogP contribution >= 0.6 is 23.2 Å². The number of rotatable bonds is 6. The fraction of sp³-hybridized carbons (Fsp3) is 0.500. The summed E-state index contributed by atoms with van der Waals surface area (Å²) in [4.78, 5) is 24.9. The largest absolute Gasteiger partial charge is 0.225 e. The number of aromatic nitrogens is 6. The molecular formula is C12H14BCl2N6. The van der Waals surface area contributed by atoms with Gasteiger partial charge in [0.15, 0.2) is 0 Å². The minimum Gasteiger partial charge on any atom is -0.219 e. The molecule has 0 aliphatic carbocycles. The van der Waals surface area contributed by atoms with Crippen LogP contribution in [0.15, 0.2) is 0 Å². The van der Waals surface area contributed by atoms with Gasteiger partial charge in [-0.1, -0.05) is 13.8 Å². The fourth-order valence-corrected chi connectivity index (χ4v) is 2.09. The van der Waals surface area contributed by atoms with Gasteiger partial charge in [-0.3, -0.25) is 0 Å². The number of hydrogen-bond acceptors (Lipinski definition) is 6. The van der Waals surface area contributed by atoms with Crippen molar-refractivity contribution in [3.63, 3.8) is 0 Å². The van der Waals surface area contributed by atoms with Gasteiger partial charge in [0, 0.05) is 12.8 Å². The first kappa shape index (κ1) is 16.0. The van der Waals surface area contributed by atoms with E-state index in [0.29, 0.717) is 35.9 Å². The highest BCUT2D eigenvalue weighted by molar-refractivity contribution is 6.34. The Labute approximate surface area is 134 Å². The molecule has 0 aliphatic heterocycles. The maximum absolute atomic E-state index is 5.86. The molecule has 0 saturated carbocycles. The molecule has 2 rings (SSSR count). The van der Waals surface area contributed by atoms with Crippen LogP contribution in [-0.4, -0.2) is 37.2 Å². The lowest BCUT2D eigenvalue weighted by Gasteiger charge is -2.03. The first-order valence-electron chi connectivity index (χ1n) is 6.71. The molecule has 0 amide bonds. The summed E-state index contributed by atoms with van der Waals surface area (Å²) in [5.74, 6) is 2.66. The fourth-order valence-electron chi connectivity index (χ4n) is 1.70. The van der Waals surface area contributed by atoms with E-state index in [-0.39, 0.29) is 10.6 Å². The molecule has 0 aliphatic rings. The predicted octanol–water partition coefficient (Wildman–Crippen LogP) is 1.89.